The summed E-state index contributed by atoms with van der Waals surface area (Å²) in [6, 6.07) is 13.4. The lowest BCUT2D eigenvalue weighted by Crippen LogP contribution is -2.21. The van der Waals surface area contributed by atoms with Gasteiger partial charge in [-0.25, -0.2) is 23.7 Å². The van der Waals surface area contributed by atoms with Crippen LogP contribution in [0.25, 0.3) is 22.3 Å². The van der Waals surface area contributed by atoms with E-state index in [1.807, 2.05) is 24.3 Å². The van der Waals surface area contributed by atoms with Crippen LogP contribution in [0.4, 0.5) is 4.39 Å². The SMILES string of the molecule is COc1ccc(Cn2c(=S)[nH]c(=O)c3ncn(-n4cnc5c(=O)[nH]c(=S)n(Cc6ccc(F)cc6)c54)c32)cc1. The average molecular weight is 563 g/mol. The number of nitrogens with one attached hydrogen (secondary N) is 2. The highest BCUT2D eigenvalue weighted by atomic mass is 32.1. The van der Waals surface area contributed by atoms with Gasteiger partial charge in [0.25, 0.3) is 11.1 Å². The fraction of sp³-hybridized carbons (Fsp3) is 0.120. The van der Waals surface area contributed by atoms with Gasteiger partial charge in [-0.2, -0.15) is 0 Å². The van der Waals surface area contributed by atoms with Gasteiger partial charge < -0.3 is 4.74 Å². The van der Waals surface area contributed by atoms with Crippen molar-refractivity contribution in [2.75, 3.05) is 7.11 Å². The molecule has 6 rings (SSSR count). The number of ether oxygens (including phenoxy) is 1. The van der Waals surface area contributed by atoms with Crippen LogP contribution in [-0.4, -0.2) is 45.5 Å². The Morgan fingerprint density at radius 2 is 1.21 bits per heavy atom. The maximum Gasteiger partial charge on any atom is 0.279 e. The van der Waals surface area contributed by atoms with E-state index in [0.717, 1.165) is 11.1 Å². The zero-order chi connectivity index (χ0) is 27.3. The van der Waals surface area contributed by atoms with Crippen molar-refractivity contribution in [3.05, 3.63) is 108 Å². The average Bonchev–Trinajstić information content (AvgIpc) is 3.56. The number of aromatic amines is 2. The van der Waals surface area contributed by atoms with Crippen LogP contribution in [-0.2, 0) is 13.1 Å². The minimum atomic E-state index is -0.471. The number of H-pyrrole nitrogens is 2. The predicted molar refractivity (Wildman–Crippen MR) is 147 cm³/mol. The molecule has 4 aromatic heterocycles. The first kappa shape index (κ1) is 24.6. The van der Waals surface area contributed by atoms with E-state index in [4.69, 9.17) is 29.2 Å². The maximum absolute atomic E-state index is 13.5. The molecule has 2 aromatic carbocycles. The number of hydrogen-bond acceptors (Lipinski definition) is 7. The van der Waals surface area contributed by atoms with Crippen LogP contribution in [0, 0.1) is 15.4 Å². The summed E-state index contributed by atoms with van der Waals surface area (Å²) in [6.45, 7) is 0.542. The molecule has 0 aliphatic rings. The summed E-state index contributed by atoms with van der Waals surface area (Å²) in [4.78, 5) is 39.6. The summed E-state index contributed by atoms with van der Waals surface area (Å²) < 4.78 is 25.7. The number of aromatic nitrogens is 8. The van der Waals surface area contributed by atoms with E-state index in [9.17, 15) is 14.0 Å². The van der Waals surface area contributed by atoms with E-state index in [2.05, 4.69) is 19.9 Å². The standard InChI is InChI=1S/C25H19FN8O3S2/c1-37-17-8-4-15(5-9-17)11-32-23-19(21(36)30-25(32)39)28-13-34(23)33-12-27-18-20(35)29-24(38)31(22(18)33)10-14-2-6-16(26)7-3-14/h2-9,12-13H,10-11H2,1H3,(H,29,35,38)(H,30,36,39). The molecule has 39 heavy (non-hydrogen) atoms. The molecule has 0 amide bonds. The van der Waals surface area contributed by atoms with Crippen molar-refractivity contribution in [1.29, 1.82) is 0 Å². The lowest BCUT2D eigenvalue weighted by atomic mass is 10.2. The third-order valence-corrected chi connectivity index (χ3v) is 6.95. The smallest absolute Gasteiger partial charge is 0.279 e. The summed E-state index contributed by atoms with van der Waals surface area (Å²) in [5.41, 5.74) is 1.74. The van der Waals surface area contributed by atoms with E-state index in [1.54, 1.807) is 37.7 Å². The van der Waals surface area contributed by atoms with E-state index in [-0.39, 0.29) is 32.9 Å². The zero-order valence-corrected chi connectivity index (χ0v) is 21.9. The van der Waals surface area contributed by atoms with E-state index in [0.29, 0.717) is 23.6 Å². The zero-order valence-electron chi connectivity index (χ0n) is 20.3. The Kier molecular flexibility index (Phi) is 6.04. The highest BCUT2D eigenvalue weighted by molar-refractivity contribution is 7.71. The number of imidazole rings is 2. The molecular weight excluding hydrogens is 543 g/mol. The van der Waals surface area contributed by atoms with Gasteiger partial charge in [-0.15, -0.1) is 0 Å². The molecule has 0 aliphatic carbocycles. The number of methoxy groups -OCH3 is 1. The predicted octanol–water partition coefficient (Wildman–Crippen LogP) is 3.38. The second kappa shape index (κ2) is 9.56. The molecule has 0 atom stereocenters. The maximum atomic E-state index is 13.5. The molecule has 0 radical (unpaired) electrons. The van der Waals surface area contributed by atoms with E-state index in [1.165, 1.54) is 24.8 Å². The van der Waals surface area contributed by atoms with Crippen molar-refractivity contribution < 1.29 is 9.13 Å². The lowest BCUT2D eigenvalue weighted by Gasteiger charge is -2.15. The van der Waals surface area contributed by atoms with Gasteiger partial charge in [-0.1, -0.05) is 24.3 Å². The van der Waals surface area contributed by atoms with Gasteiger partial charge in [0.2, 0.25) is 0 Å². The number of benzene rings is 2. The monoisotopic (exact) mass is 562 g/mol. The molecule has 0 unspecified atom stereocenters. The summed E-state index contributed by atoms with van der Waals surface area (Å²) in [5, 5.41) is 0. The molecule has 14 heteroatoms. The number of nitrogens with zero attached hydrogens (tertiary/aromatic N) is 6. The van der Waals surface area contributed by atoms with Gasteiger partial charge in [0, 0.05) is 0 Å². The normalized spacial score (nSPS) is 11.4. The van der Waals surface area contributed by atoms with Crippen LogP contribution in [0.3, 0.4) is 0 Å². The van der Waals surface area contributed by atoms with Crippen LogP contribution in [0.2, 0.25) is 0 Å². The fourth-order valence-electron chi connectivity index (χ4n) is 4.42. The van der Waals surface area contributed by atoms with Gasteiger partial charge in [0.05, 0.1) is 20.2 Å². The fourth-order valence-corrected chi connectivity index (χ4v) is 4.91. The molecule has 6 aromatic rings. The number of halogens is 1. The number of hydrogen-bond donors (Lipinski definition) is 2. The summed E-state index contributed by atoms with van der Waals surface area (Å²) >= 11 is 11.0. The first-order chi connectivity index (χ1) is 18.8. The lowest BCUT2D eigenvalue weighted by molar-refractivity contribution is 0.414. The second-order valence-corrected chi connectivity index (χ2v) is 9.46. The molecule has 196 valence electrons. The van der Waals surface area contributed by atoms with Gasteiger partial charge in [-0.05, 0) is 59.8 Å². The molecule has 0 bridgehead atoms. The van der Waals surface area contributed by atoms with Crippen molar-refractivity contribution in [2.45, 2.75) is 13.1 Å². The van der Waals surface area contributed by atoms with Gasteiger partial charge in [-0.3, -0.25) is 28.7 Å². The highest BCUT2D eigenvalue weighted by Crippen LogP contribution is 2.19. The molecule has 0 aliphatic heterocycles. The van der Waals surface area contributed by atoms with Crippen LogP contribution in [0.5, 0.6) is 5.75 Å². The quantitative estimate of drug-likeness (QED) is 0.299. The van der Waals surface area contributed by atoms with Crippen LogP contribution >= 0.6 is 24.4 Å². The summed E-state index contributed by atoms with van der Waals surface area (Å²) in [6.07, 6.45) is 2.89. The largest absolute Gasteiger partial charge is 0.497 e. The first-order valence-corrected chi connectivity index (χ1v) is 12.4. The Hall–Kier alpha value is -4.69. The van der Waals surface area contributed by atoms with Crippen LogP contribution < -0.4 is 15.9 Å². The second-order valence-electron chi connectivity index (χ2n) is 8.69. The summed E-state index contributed by atoms with van der Waals surface area (Å²) in [5.74, 6) is 0.342. The van der Waals surface area contributed by atoms with Crippen molar-refractivity contribution in [3.8, 4) is 5.75 Å². The molecule has 0 saturated heterocycles. The van der Waals surface area contributed by atoms with Gasteiger partial charge in [0.15, 0.2) is 31.9 Å². The molecule has 4 heterocycles. The summed E-state index contributed by atoms with van der Waals surface area (Å²) in [7, 11) is 1.59. The molecule has 0 fully saturated rings. The Morgan fingerprint density at radius 1 is 0.769 bits per heavy atom. The molecule has 0 spiro atoms. The van der Waals surface area contributed by atoms with E-state index < -0.39 is 11.1 Å². The van der Waals surface area contributed by atoms with Crippen LogP contribution in [0.15, 0.2) is 70.8 Å². The minimum absolute atomic E-state index is 0.123. The van der Waals surface area contributed by atoms with E-state index >= 15 is 0 Å². The molecule has 0 saturated carbocycles. The number of fused-ring (bicyclic) bond motifs is 2. The third kappa shape index (κ3) is 4.28. The first-order valence-electron chi connectivity index (χ1n) is 11.6. The molecular formula is C25H19FN8O3S2. The van der Waals surface area contributed by atoms with Gasteiger partial charge in [0.1, 0.15) is 24.2 Å². The minimum Gasteiger partial charge on any atom is -0.497 e. The Balaban J connectivity index is 1.59. The Morgan fingerprint density at radius 3 is 1.64 bits per heavy atom. The molecule has 2 N–H and O–H groups in total. The van der Waals surface area contributed by atoms with Crippen molar-refractivity contribution >= 4 is 46.8 Å². The van der Waals surface area contributed by atoms with Crippen molar-refractivity contribution in [3.63, 3.8) is 0 Å². The van der Waals surface area contributed by atoms with Crippen molar-refractivity contribution in [1.82, 2.24) is 38.4 Å². The van der Waals surface area contributed by atoms with Crippen LogP contribution in [0.1, 0.15) is 11.1 Å². The third-order valence-electron chi connectivity index (χ3n) is 6.31. The topological polar surface area (TPSA) is 120 Å². The number of rotatable bonds is 6. The molecule has 11 nitrogen and oxygen atoms in total. The van der Waals surface area contributed by atoms with Crippen molar-refractivity contribution in [2.24, 2.45) is 0 Å². The highest BCUT2D eigenvalue weighted by Gasteiger charge is 2.19. The Bertz CT molecular complexity index is 2100. The Labute approximate surface area is 228 Å². The van der Waals surface area contributed by atoms with Gasteiger partial charge >= 0.3 is 0 Å².